The fourth-order valence-corrected chi connectivity index (χ4v) is 2.59. The van der Waals surface area contributed by atoms with Gasteiger partial charge in [0, 0.05) is 11.1 Å². The van der Waals surface area contributed by atoms with Gasteiger partial charge in [0.2, 0.25) is 0 Å². The van der Waals surface area contributed by atoms with Gasteiger partial charge in [-0.05, 0) is 18.1 Å². The monoisotopic (exact) mass is 252 g/mol. The zero-order valence-electron chi connectivity index (χ0n) is 11.0. The van der Waals surface area contributed by atoms with Gasteiger partial charge >= 0.3 is 0 Å². The van der Waals surface area contributed by atoms with Crippen LogP contribution in [0.15, 0.2) is 42.5 Å². The van der Waals surface area contributed by atoms with Crippen LogP contribution in [0.3, 0.4) is 0 Å². The number of hydrogen-bond acceptors (Lipinski definition) is 2. The van der Waals surface area contributed by atoms with Crippen LogP contribution in [-0.2, 0) is 13.0 Å². The highest BCUT2D eigenvalue weighted by Gasteiger charge is 2.24. The van der Waals surface area contributed by atoms with Gasteiger partial charge < -0.3 is 4.74 Å². The number of carbonyl (C=O) groups excluding carboxylic acids is 1. The topological polar surface area (TPSA) is 26.3 Å². The van der Waals surface area contributed by atoms with Crippen molar-refractivity contribution in [1.29, 1.82) is 0 Å². The molecule has 19 heavy (non-hydrogen) atoms. The largest absolute Gasteiger partial charge is 0.488 e. The lowest BCUT2D eigenvalue weighted by Crippen LogP contribution is -2.06. The summed E-state index contributed by atoms with van der Waals surface area (Å²) in [7, 11) is 0. The van der Waals surface area contributed by atoms with E-state index in [9.17, 15) is 4.79 Å². The Balaban J connectivity index is 2.18. The van der Waals surface area contributed by atoms with E-state index in [-0.39, 0.29) is 5.78 Å². The van der Waals surface area contributed by atoms with Crippen molar-refractivity contribution in [2.45, 2.75) is 26.4 Å². The summed E-state index contributed by atoms with van der Waals surface area (Å²) in [5, 5.41) is 0. The van der Waals surface area contributed by atoms with E-state index < -0.39 is 0 Å². The number of fused-ring (bicyclic) bond motifs is 2. The molecule has 0 spiro atoms. The van der Waals surface area contributed by atoms with Gasteiger partial charge in [-0.3, -0.25) is 4.79 Å². The molecular formula is C17H16O2. The number of hydrogen-bond donors (Lipinski definition) is 0. The zero-order chi connectivity index (χ0) is 13.2. The van der Waals surface area contributed by atoms with Crippen molar-refractivity contribution in [2.75, 3.05) is 0 Å². The number of benzene rings is 2. The van der Waals surface area contributed by atoms with Crippen LogP contribution in [0.5, 0.6) is 5.75 Å². The Hall–Kier alpha value is -2.09. The van der Waals surface area contributed by atoms with Gasteiger partial charge in [0.05, 0.1) is 5.56 Å². The van der Waals surface area contributed by atoms with E-state index in [1.54, 1.807) is 0 Å². The Bertz CT molecular complexity index is 629. The number of rotatable bonds is 2. The summed E-state index contributed by atoms with van der Waals surface area (Å²) in [6, 6.07) is 13.6. The fraction of sp³-hybridized carbons (Fsp3) is 0.235. The van der Waals surface area contributed by atoms with Crippen LogP contribution in [0.4, 0.5) is 0 Å². The molecule has 0 aliphatic carbocycles. The molecule has 0 fully saturated rings. The quantitative estimate of drug-likeness (QED) is 0.813. The van der Waals surface area contributed by atoms with Crippen LogP contribution in [0.25, 0.3) is 0 Å². The van der Waals surface area contributed by atoms with Gasteiger partial charge in [-0.25, -0.2) is 0 Å². The molecule has 2 aromatic rings. The lowest BCUT2D eigenvalue weighted by atomic mass is 9.94. The maximum Gasteiger partial charge on any atom is 0.197 e. The minimum atomic E-state index is 0.0900. The van der Waals surface area contributed by atoms with Crippen LogP contribution >= 0.6 is 0 Å². The molecule has 0 N–H and O–H groups in total. The van der Waals surface area contributed by atoms with Crippen molar-refractivity contribution in [1.82, 2.24) is 0 Å². The molecule has 96 valence electrons. The number of ether oxygens (including phenoxy) is 1. The highest BCUT2D eigenvalue weighted by atomic mass is 16.5. The minimum Gasteiger partial charge on any atom is -0.488 e. The SMILES string of the molecule is CCCc1cccc2c1C(=O)c1ccccc1CO2. The maximum atomic E-state index is 12.7. The van der Waals surface area contributed by atoms with Crippen molar-refractivity contribution < 1.29 is 9.53 Å². The molecule has 1 aliphatic heterocycles. The maximum absolute atomic E-state index is 12.7. The van der Waals surface area contributed by atoms with E-state index in [0.29, 0.717) is 12.4 Å². The normalized spacial score (nSPS) is 13.2. The van der Waals surface area contributed by atoms with Gasteiger partial charge in [-0.2, -0.15) is 0 Å². The summed E-state index contributed by atoms with van der Waals surface area (Å²) in [4.78, 5) is 12.7. The Kier molecular flexibility index (Phi) is 3.08. The smallest absolute Gasteiger partial charge is 0.197 e. The summed E-state index contributed by atoms with van der Waals surface area (Å²) in [6.45, 7) is 2.58. The van der Waals surface area contributed by atoms with E-state index in [1.165, 1.54) is 0 Å². The van der Waals surface area contributed by atoms with Gasteiger partial charge in [0.15, 0.2) is 5.78 Å². The average Bonchev–Trinajstić information content (AvgIpc) is 2.58. The van der Waals surface area contributed by atoms with Gasteiger partial charge in [0.25, 0.3) is 0 Å². The van der Waals surface area contributed by atoms with E-state index >= 15 is 0 Å². The summed E-state index contributed by atoms with van der Waals surface area (Å²) in [6.07, 6.45) is 1.92. The Morgan fingerprint density at radius 2 is 1.95 bits per heavy atom. The molecule has 2 heteroatoms. The van der Waals surface area contributed by atoms with E-state index in [2.05, 4.69) is 6.92 Å². The van der Waals surface area contributed by atoms with Crippen LogP contribution in [0.1, 0.15) is 40.4 Å². The molecule has 0 atom stereocenters. The van der Waals surface area contributed by atoms with Crippen molar-refractivity contribution >= 4 is 5.78 Å². The third-order valence-electron chi connectivity index (χ3n) is 3.50. The second-order valence-corrected chi connectivity index (χ2v) is 4.82. The van der Waals surface area contributed by atoms with E-state index in [0.717, 1.165) is 35.1 Å². The first-order valence-electron chi connectivity index (χ1n) is 6.68. The third kappa shape index (κ3) is 2.03. The third-order valence-corrected chi connectivity index (χ3v) is 3.50. The highest BCUT2D eigenvalue weighted by molar-refractivity contribution is 6.12. The fourth-order valence-electron chi connectivity index (χ4n) is 2.59. The zero-order valence-corrected chi connectivity index (χ0v) is 11.0. The second kappa shape index (κ2) is 4.88. The molecule has 0 saturated carbocycles. The first-order valence-corrected chi connectivity index (χ1v) is 6.68. The van der Waals surface area contributed by atoms with Crippen LogP contribution in [-0.4, -0.2) is 5.78 Å². The molecule has 1 aliphatic rings. The molecule has 0 amide bonds. The minimum absolute atomic E-state index is 0.0900. The Labute approximate surface area is 113 Å². The van der Waals surface area contributed by atoms with Crippen LogP contribution < -0.4 is 4.74 Å². The summed E-state index contributed by atoms with van der Waals surface area (Å²) >= 11 is 0. The molecule has 0 unspecified atom stereocenters. The molecule has 0 saturated heterocycles. The van der Waals surface area contributed by atoms with Crippen molar-refractivity contribution in [3.05, 3.63) is 64.7 Å². The summed E-state index contributed by atoms with van der Waals surface area (Å²) < 4.78 is 5.81. The molecule has 0 radical (unpaired) electrons. The molecule has 1 heterocycles. The van der Waals surface area contributed by atoms with Gasteiger partial charge in [0.1, 0.15) is 12.4 Å². The lowest BCUT2D eigenvalue weighted by molar-refractivity contribution is 0.103. The predicted octanol–water partition coefficient (Wildman–Crippen LogP) is 3.76. The van der Waals surface area contributed by atoms with Crippen LogP contribution in [0, 0.1) is 0 Å². The average molecular weight is 252 g/mol. The van der Waals surface area contributed by atoms with Crippen molar-refractivity contribution in [3.63, 3.8) is 0 Å². The number of aryl methyl sites for hydroxylation is 1. The summed E-state index contributed by atoms with van der Waals surface area (Å²) in [5.41, 5.74) is 3.56. The highest BCUT2D eigenvalue weighted by Crippen LogP contribution is 2.31. The molecular weight excluding hydrogens is 236 g/mol. The van der Waals surface area contributed by atoms with Crippen molar-refractivity contribution in [2.24, 2.45) is 0 Å². The predicted molar refractivity (Wildman–Crippen MR) is 74.6 cm³/mol. The molecule has 0 bridgehead atoms. The molecule has 2 nitrogen and oxygen atoms in total. The Morgan fingerprint density at radius 1 is 1.11 bits per heavy atom. The molecule has 0 aromatic heterocycles. The van der Waals surface area contributed by atoms with E-state index in [4.69, 9.17) is 4.74 Å². The standard InChI is InChI=1S/C17H16O2/c1-2-6-12-8-5-10-15-16(12)17(18)14-9-4-3-7-13(14)11-19-15/h3-5,7-10H,2,6,11H2,1H3. The summed E-state index contributed by atoms with van der Waals surface area (Å²) in [5.74, 6) is 0.805. The second-order valence-electron chi connectivity index (χ2n) is 4.82. The van der Waals surface area contributed by atoms with E-state index in [1.807, 2.05) is 42.5 Å². The first kappa shape index (κ1) is 12.0. The Morgan fingerprint density at radius 3 is 2.79 bits per heavy atom. The number of carbonyl (C=O) groups is 1. The van der Waals surface area contributed by atoms with Gasteiger partial charge in [-0.15, -0.1) is 0 Å². The first-order chi connectivity index (χ1) is 9.31. The molecule has 3 rings (SSSR count). The molecule has 2 aromatic carbocycles. The van der Waals surface area contributed by atoms with Crippen molar-refractivity contribution in [3.8, 4) is 5.75 Å². The lowest BCUT2D eigenvalue weighted by Gasteiger charge is -2.10. The number of ketones is 1. The van der Waals surface area contributed by atoms with Crippen LogP contribution in [0.2, 0.25) is 0 Å². The van der Waals surface area contributed by atoms with Gasteiger partial charge in [-0.1, -0.05) is 49.7 Å².